The Morgan fingerprint density at radius 1 is 1.21 bits per heavy atom. The molecule has 1 heterocycles. The molecule has 2 aromatic rings. The molecule has 1 amide bonds. The second-order valence-corrected chi connectivity index (χ2v) is 5.06. The molecule has 1 N–H and O–H groups in total. The van der Waals surface area contributed by atoms with Crippen LogP contribution in [0, 0.1) is 0 Å². The van der Waals surface area contributed by atoms with E-state index >= 15 is 0 Å². The molecule has 3 nitrogen and oxygen atoms in total. The molecule has 2 rings (SSSR count). The van der Waals surface area contributed by atoms with Crippen molar-refractivity contribution in [3.8, 4) is 0 Å². The lowest BCUT2D eigenvalue weighted by atomic mass is 10.1. The quantitative estimate of drug-likeness (QED) is 0.847. The zero-order chi connectivity index (χ0) is 13.7. The van der Waals surface area contributed by atoms with Crippen molar-refractivity contribution in [1.82, 2.24) is 0 Å². The van der Waals surface area contributed by atoms with Crippen LogP contribution in [0.1, 0.15) is 29.3 Å². The molecule has 0 aliphatic carbocycles. The second-order valence-electron chi connectivity index (χ2n) is 4.28. The number of carbonyl (C=O) groups excluding carboxylic acids is 2. The molecule has 0 atom stereocenters. The summed E-state index contributed by atoms with van der Waals surface area (Å²) in [6, 6.07) is 9.08. The highest BCUT2D eigenvalue weighted by molar-refractivity contribution is 7.07. The van der Waals surface area contributed by atoms with Crippen molar-refractivity contribution >= 4 is 28.7 Å². The van der Waals surface area contributed by atoms with Crippen molar-refractivity contribution in [2.75, 3.05) is 5.32 Å². The third-order valence-electron chi connectivity index (χ3n) is 2.80. The fourth-order valence-electron chi connectivity index (χ4n) is 1.80. The molecule has 0 aliphatic heterocycles. The highest BCUT2D eigenvalue weighted by Gasteiger charge is 2.09. The third kappa shape index (κ3) is 3.76. The molecule has 0 fully saturated rings. The van der Waals surface area contributed by atoms with Crippen LogP contribution in [-0.4, -0.2) is 11.7 Å². The van der Waals surface area contributed by atoms with Crippen molar-refractivity contribution in [3.05, 3.63) is 52.2 Å². The molecule has 0 saturated carbocycles. The molecular formula is C15H15NO2S. The Morgan fingerprint density at radius 3 is 2.68 bits per heavy atom. The number of benzene rings is 1. The molecule has 98 valence electrons. The summed E-state index contributed by atoms with van der Waals surface area (Å²) in [4.78, 5) is 23.3. The molecule has 19 heavy (non-hydrogen) atoms. The maximum Gasteiger partial charge on any atom is 0.224 e. The van der Waals surface area contributed by atoms with Gasteiger partial charge in [0.2, 0.25) is 5.91 Å². The van der Waals surface area contributed by atoms with Gasteiger partial charge < -0.3 is 5.32 Å². The molecule has 0 spiro atoms. The van der Waals surface area contributed by atoms with E-state index in [2.05, 4.69) is 5.32 Å². The molecule has 0 bridgehead atoms. The topological polar surface area (TPSA) is 46.2 Å². The van der Waals surface area contributed by atoms with Gasteiger partial charge in [0.15, 0.2) is 5.78 Å². The van der Waals surface area contributed by atoms with Crippen LogP contribution in [0.15, 0.2) is 41.1 Å². The first-order chi connectivity index (χ1) is 9.16. The monoisotopic (exact) mass is 273 g/mol. The number of thiophene rings is 1. The fourth-order valence-corrected chi connectivity index (χ4v) is 2.51. The maximum atomic E-state index is 11.9. The van der Waals surface area contributed by atoms with Crippen molar-refractivity contribution in [3.63, 3.8) is 0 Å². The van der Waals surface area contributed by atoms with Crippen LogP contribution in [0.3, 0.4) is 0 Å². The van der Waals surface area contributed by atoms with Crippen LogP contribution in [0.25, 0.3) is 0 Å². The lowest BCUT2D eigenvalue weighted by Crippen LogP contribution is -2.14. The summed E-state index contributed by atoms with van der Waals surface area (Å²) in [6.07, 6.45) is 1.14. The maximum absolute atomic E-state index is 11.9. The van der Waals surface area contributed by atoms with Crippen molar-refractivity contribution in [2.24, 2.45) is 0 Å². The Hall–Kier alpha value is -1.94. The summed E-state index contributed by atoms with van der Waals surface area (Å²) < 4.78 is 0. The number of nitrogens with one attached hydrogen (secondary N) is 1. The first kappa shape index (κ1) is 13.5. The van der Waals surface area contributed by atoms with Gasteiger partial charge in [-0.15, -0.1) is 0 Å². The van der Waals surface area contributed by atoms with Crippen molar-refractivity contribution in [1.29, 1.82) is 0 Å². The molecule has 0 unspecified atom stereocenters. The lowest BCUT2D eigenvalue weighted by molar-refractivity contribution is -0.116. The second kappa shape index (κ2) is 6.29. The van der Waals surface area contributed by atoms with Gasteiger partial charge in [-0.1, -0.05) is 12.1 Å². The van der Waals surface area contributed by atoms with E-state index in [0.717, 1.165) is 6.42 Å². The van der Waals surface area contributed by atoms with E-state index in [9.17, 15) is 9.59 Å². The number of rotatable bonds is 5. The summed E-state index contributed by atoms with van der Waals surface area (Å²) in [6.45, 7) is 1.50. The van der Waals surface area contributed by atoms with Crippen molar-refractivity contribution in [2.45, 2.75) is 19.8 Å². The molecule has 4 heteroatoms. The summed E-state index contributed by atoms with van der Waals surface area (Å²) in [7, 11) is 0. The molecule has 1 aromatic carbocycles. The van der Waals surface area contributed by atoms with E-state index in [1.165, 1.54) is 12.5 Å². The number of Topliss-reactive ketones (excluding diaryl/α,β-unsaturated/α-hetero) is 1. The Morgan fingerprint density at radius 2 is 2.00 bits per heavy atom. The summed E-state index contributed by atoms with van der Waals surface area (Å²) in [5.74, 6) is -0.117. The van der Waals surface area contributed by atoms with Gasteiger partial charge in [0.1, 0.15) is 0 Å². The number of hydrogen-bond donors (Lipinski definition) is 1. The smallest absolute Gasteiger partial charge is 0.224 e. The van der Waals surface area contributed by atoms with Gasteiger partial charge in [-0.3, -0.25) is 9.59 Å². The molecule has 0 aliphatic rings. The molecule has 0 saturated heterocycles. The minimum Gasteiger partial charge on any atom is -0.325 e. The Bertz CT molecular complexity index is 576. The Kier molecular flexibility index (Phi) is 4.47. The zero-order valence-corrected chi connectivity index (χ0v) is 11.5. The average Bonchev–Trinajstić information content (AvgIpc) is 2.90. The summed E-state index contributed by atoms with van der Waals surface area (Å²) in [5.41, 5.74) is 2.30. The number of carbonyl (C=O) groups is 2. The minimum absolute atomic E-state index is 0.0475. The number of para-hydroxylation sites is 1. The number of amides is 1. The van der Waals surface area contributed by atoms with Gasteiger partial charge in [-0.2, -0.15) is 11.3 Å². The van der Waals surface area contributed by atoms with Crippen LogP contribution < -0.4 is 5.32 Å². The molecular weight excluding hydrogens is 258 g/mol. The van der Waals surface area contributed by atoms with Crippen LogP contribution in [-0.2, 0) is 11.2 Å². The Labute approximate surface area is 116 Å². The Balaban J connectivity index is 1.97. The van der Waals surface area contributed by atoms with Crippen LogP contribution in [0.2, 0.25) is 0 Å². The number of ketones is 1. The van der Waals surface area contributed by atoms with Gasteiger partial charge in [-0.05, 0) is 47.9 Å². The van der Waals surface area contributed by atoms with E-state index in [0.29, 0.717) is 17.7 Å². The number of hydrogen-bond acceptors (Lipinski definition) is 3. The summed E-state index contributed by atoms with van der Waals surface area (Å²) >= 11 is 1.63. The standard InChI is InChI=1S/C15H15NO2S/c1-11(17)13-4-2-3-5-14(13)16-15(18)7-6-12-8-9-19-10-12/h2-5,8-10H,6-7H2,1H3,(H,16,18). The van der Waals surface area contributed by atoms with Gasteiger partial charge >= 0.3 is 0 Å². The van der Waals surface area contributed by atoms with E-state index in [1.807, 2.05) is 16.8 Å². The summed E-state index contributed by atoms with van der Waals surface area (Å²) in [5, 5.41) is 6.83. The van der Waals surface area contributed by atoms with Gasteiger partial charge in [0, 0.05) is 12.0 Å². The highest BCUT2D eigenvalue weighted by atomic mass is 32.1. The lowest BCUT2D eigenvalue weighted by Gasteiger charge is -2.08. The van der Waals surface area contributed by atoms with E-state index in [-0.39, 0.29) is 11.7 Å². The van der Waals surface area contributed by atoms with Crippen LogP contribution >= 0.6 is 11.3 Å². The first-order valence-electron chi connectivity index (χ1n) is 6.07. The predicted octanol–water partition coefficient (Wildman–Crippen LogP) is 3.52. The largest absolute Gasteiger partial charge is 0.325 e. The van der Waals surface area contributed by atoms with Gasteiger partial charge in [0.25, 0.3) is 0 Å². The SMILES string of the molecule is CC(=O)c1ccccc1NC(=O)CCc1ccsc1. The van der Waals surface area contributed by atoms with E-state index < -0.39 is 0 Å². The predicted molar refractivity (Wildman–Crippen MR) is 77.7 cm³/mol. The molecule has 1 aromatic heterocycles. The van der Waals surface area contributed by atoms with Crippen LogP contribution in [0.4, 0.5) is 5.69 Å². The number of aryl methyl sites for hydroxylation is 1. The van der Waals surface area contributed by atoms with Crippen molar-refractivity contribution < 1.29 is 9.59 Å². The average molecular weight is 273 g/mol. The highest BCUT2D eigenvalue weighted by Crippen LogP contribution is 2.16. The molecule has 0 radical (unpaired) electrons. The minimum atomic E-state index is -0.0695. The fraction of sp³-hybridized carbons (Fsp3) is 0.200. The first-order valence-corrected chi connectivity index (χ1v) is 7.02. The normalized spacial score (nSPS) is 10.2. The third-order valence-corrected chi connectivity index (χ3v) is 3.53. The van der Waals surface area contributed by atoms with Gasteiger partial charge in [0.05, 0.1) is 5.69 Å². The zero-order valence-electron chi connectivity index (χ0n) is 10.7. The van der Waals surface area contributed by atoms with E-state index in [4.69, 9.17) is 0 Å². The van der Waals surface area contributed by atoms with Crippen LogP contribution in [0.5, 0.6) is 0 Å². The van der Waals surface area contributed by atoms with Gasteiger partial charge in [-0.25, -0.2) is 0 Å². The number of anilines is 1. The van der Waals surface area contributed by atoms with E-state index in [1.54, 1.807) is 35.6 Å².